The molecule has 0 fully saturated rings. The van der Waals surface area contributed by atoms with Gasteiger partial charge in [-0.3, -0.25) is 0 Å². The third-order valence-corrected chi connectivity index (χ3v) is 1.92. The first-order chi connectivity index (χ1) is 7.77. The molecule has 0 unspecified atom stereocenters. The molecule has 0 spiro atoms. The lowest BCUT2D eigenvalue weighted by Gasteiger charge is -2.10. The minimum atomic E-state index is 0. The second-order valence-electron chi connectivity index (χ2n) is 3.12. The normalized spacial score (nSPS) is 10.2. The monoisotopic (exact) mass is 345 g/mol. The van der Waals surface area contributed by atoms with Gasteiger partial charge in [-0.05, 0) is 6.07 Å². The summed E-state index contributed by atoms with van der Waals surface area (Å²) >= 11 is 0. The van der Waals surface area contributed by atoms with Gasteiger partial charge in [-0.15, -0.1) is 30.4 Å². The second kappa shape index (κ2) is 8.84. The van der Waals surface area contributed by atoms with Gasteiger partial charge >= 0.3 is 0 Å². The molecule has 0 aliphatic carbocycles. The molecule has 1 rings (SSSR count). The fourth-order valence-corrected chi connectivity index (χ4v) is 1.23. The van der Waals surface area contributed by atoms with E-state index in [1.165, 1.54) is 0 Å². The number of hydrogen-bond acceptors (Lipinski definition) is 2. The molecule has 3 N–H and O–H groups in total. The number of ether oxygens (including phenoxy) is 1. The lowest BCUT2D eigenvalue weighted by molar-refractivity contribution is 0.185. The first kappa shape index (κ1) is 15.7. The predicted molar refractivity (Wildman–Crippen MR) is 81.5 cm³/mol. The first-order valence-electron chi connectivity index (χ1n) is 4.85. The van der Waals surface area contributed by atoms with Gasteiger partial charge in [-0.25, -0.2) is 4.99 Å². The van der Waals surface area contributed by atoms with Crippen LogP contribution in [0.2, 0.25) is 0 Å². The summed E-state index contributed by atoms with van der Waals surface area (Å²) in [5.41, 5.74) is 7.55. The first-order valence-corrected chi connectivity index (χ1v) is 4.85. The van der Waals surface area contributed by atoms with Gasteiger partial charge in [0.15, 0.2) is 5.96 Å². The summed E-state index contributed by atoms with van der Waals surface area (Å²) in [5, 5.41) is 2.98. The van der Waals surface area contributed by atoms with Crippen molar-refractivity contribution in [1.82, 2.24) is 0 Å². The molecule has 0 aromatic heterocycles. The topological polar surface area (TPSA) is 59.6 Å². The maximum Gasteiger partial charge on any atom is 0.194 e. The van der Waals surface area contributed by atoms with Crippen molar-refractivity contribution in [2.24, 2.45) is 10.7 Å². The Labute approximate surface area is 119 Å². The number of aliphatic imine (C=N–C) groups is 1. The van der Waals surface area contributed by atoms with Crippen LogP contribution in [0, 0.1) is 12.3 Å². The van der Waals surface area contributed by atoms with Crippen molar-refractivity contribution in [3.63, 3.8) is 0 Å². The maximum atomic E-state index is 5.66. The van der Waals surface area contributed by atoms with Crippen LogP contribution < -0.4 is 11.1 Å². The summed E-state index contributed by atoms with van der Waals surface area (Å²) < 4.78 is 5.08. The summed E-state index contributed by atoms with van der Waals surface area (Å²) in [4.78, 5) is 3.95. The molecule has 0 amide bonds. The highest BCUT2D eigenvalue weighted by molar-refractivity contribution is 14.0. The maximum absolute atomic E-state index is 5.66. The van der Waals surface area contributed by atoms with E-state index in [0.29, 0.717) is 12.6 Å². The van der Waals surface area contributed by atoms with Crippen LogP contribution in [0.15, 0.2) is 29.3 Å². The summed E-state index contributed by atoms with van der Waals surface area (Å²) in [6.07, 6.45) is 5.09. The number of hydrogen-bond donors (Lipinski definition) is 2. The summed E-state index contributed by atoms with van der Waals surface area (Å²) in [7, 11) is 1.65. The third-order valence-electron chi connectivity index (χ3n) is 1.92. The van der Waals surface area contributed by atoms with Crippen LogP contribution in [-0.2, 0) is 11.3 Å². The summed E-state index contributed by atoms with van der Waals surface area (Å²) in [5.74, 6) is 2.70. The molecule has 0 saturated heterocycles. The van der Waals surface area contributed by atoms with Crippen molar-refractivity contribution >= 4 is 35.6 Å². The zero-order valence-corrected chi connectivity index (χ0v) is 12.0. The van der Waals surface area contributed by atoms with Crippen molar-refractivity contribution in [3.8, 4) is 12.3 Å². The number of benzene rings is 1. The van der Waals surface area contributed by atoms with E-state index in [-0.39, 0.29) is 30.5 Å². The van der Waals surface area contributed by atoms with Crippen LogP contribution in [0.4, 0.5) is 5.69 Å². The Kier molecular flexibility index (Phi) is 8.19. The minimum absolute atomic E-state index is 0. The molecule has 17 heavy (non-hydrogen) atoms. The second-order valence-corrected chi connectivity index (χ2v) is 3.12. The molecular formula is C12H16IN3O. The Morgan fingerprint density at radius 1 is 1.53 bits per heavy atom. The van der Waals surface area contributed by atoms with Gasteiger partial charge in [0.25, 0.3) is 0 Å². The van der Waals surface area contributed by atoms with E-state index in [1.807, 2.05) is 24.3 Å². The Morgan fingerprint density at radius 2 is 2.24 bits per heavy atom. The van der Waals surface area contributed by atoms with Gasteiger partial charge < -0.3 is 15.8 Å². The van der Waals surface area contributed by atoms with E-state index in [2.05, 4.69) is 16.2 Å². The van der Waals surface area contributed by atoms with E-state index in [0.717, 1.165) is 11.3 Å². The highest BCUT2D eigenvalue weighted by atomic mass is 127. The number of methoxy groups -OCH3 is 1. The number of guanidine groups is 1. The molecule has 5 heteroatoms. The van der Waals surface area contributed by atoms with Gasteiger partial charge in [-0.2, -0.15) is 0 Å². The van der Waals surface area contributed by atoms with Crippen LogP contribution in [0.25, 0.3) is 0 Å². The van der Waals surface area contributed by atoms with Gasteiger partial charge in [-0.1, -0.05) is 24.1 Å². The zero-order chi connectivity index (χ0) is 11.8. The Balaban J connectivity index is 0.00000256. The average Bonchev–Trinajstić information content (AvgIpc) is 2.29. The molecule has 0 atom stereocenters. The van der Waals surface area contributed by atoms with Crippen LogP contribution >= 0.6 is 24.0 Å². The SMILES string of the molecule is C#CCN=C(N)Nc1ccccc1COC.I. The number of para-hydroxylation sites is 1. The molecule has 92 valence electrons. The van der Waals surface area contributed by atoms with Gasteiger partial charge in [0.05, 0.1) is 6.61 Å². The molecule has 0 aliphatic rings. The molecule has 1 aromatic carbocycles. The van der Waals surface area contributed by atoms with E-state index in [1.54, 1.807) is 7.11 Å². The highest BCUT2D eigenvalue weighted by Gasteiger charge is 2.01. The van der Waals surface area contributed by atoms with Crippen LogP contribution in [0.3, 0.4) is 0 Å². The van der Waals surface area contributed by atoms with E-state index < -0.39 is 0 Å². The van der Waals surface area contributed by atoms with Crippen LogP contribution in [0.5, 0.6) is 0 Å². The summed E-state index contributed by atoms with van der Waals surface area (Å²) in [6.45, 7) is 0.789. The summed E-state index contributed by atoms with van der Waals surface area (Å²) in [6, 6.07) is 7.72. The Morgan fingerprint density at radius 3 is 2.88 bits per heavy atom. The van der Waals surface area contributed by atoms with Crippen molar-refractivity contribution < 1.29 is 4.74 Å². The Hall–Kier alpha value is -1.26. The standard InChI is InChI=1S/C12H15N3O.HI/c1-3-8-14-12(13)15-11-7-5-4-6-10(11)9-16-2;/h1,4-7H,8-9H2,2H3,(H3,13,14,15);1H. The van der Waals surface area contributed by atoms with Crippen molar-refractivity contribution in [1.29, 1.82) is 0 Å². The fourth-order valence-electron chi connectivity index (χ4n) is 1.23. The highest BCUT2D eigenvalue weighted by Crippen LogP contribution is 2.15. The molecule has 4 nitrogen and oxygen atoms in total. The zero-order valence-electron chi connectivity index (χ0n) is 9.64. The fraction of sp³-hybridized carbons (Fsp3) is 0.250. The molecule has 0 heterocycles. The van der Waals surface area contributed by atoms with Crippen molar-refractivity contribution in [3.05, 3.63) is 29.8 Å². The smallest absolute Gasteiger partial charge is 0.194 e. The molecule has 0 aliphatic heterocycles. The number of nitrogens with one attached hydrogen (secondary N) is 1. The number of terminal acetylenes is 1. The van der Waals surface area contributed by atoms with Crippen molar-refractivity contribution in [2.45, 2.75) is 6.61 Å². The van der Waals surface area contributed by atoms with E-state index >= 15 is 0 Å². The number of nitrogens with two attached hydrogens (primary N) is 1. The Bertz CT molecular complexity index is 412. The minimum Gasteiger partial charge on any atom is -0.380 e. The third kappa shape index (κ3) is 5.56. The number of nitrogens with zero attached hydrogens (tertiary/aromatic N) is 1. The lowest BCUT2D eigenvalue weighted by Crippen LogP contribution is -2.23. The molecule has 0 radical (unpaired) electrons. The van der Waals surface area contributed by atoms with Crippen molar-refractivity contribution in [2.75, 3.05) is 19.0 Å². The molecule has 0 bridgehead atoms. The number of rotatable bonds is 4. The van der Waals surface area contributed by atoms with Crippen LogP contribution in [-0.4, -0.2) is 19.6 Å². The predicted octanol–water partition coefficient (Wildman–Crippen LogP) is 1.81. The molecular weight excluding hydrogens is 329 g/mol. The number of halogens is 1. The quantitative estimate of drug-likeness (QED) is 0.379. The molecule has 0 saturated carbocycles. The van der Waals surface area contributed by atoms with Gasteiger partial charge in [0.1, 0.15) is 6.54 Å². The van der Waals surface area contributed by atoms with Gasteiger partial charge in [0.2, 0.25) is 0 Å². The molecule has 1 aromatic rings. The largest absolute Gasteiger partial charge is 0.380 e. The number of anilines is 1. The lowest BCUT2D eigenvalue weighted by atomic mass is 10.2. The van der Waals surface area contributed by atoms with E-state index in [9.17, 15) is 0 Å². The average molecular weight is 345 g/mol. The van der Waals surface area contributed by atoms with E-state index in [4.69, 9.17) is 16.9 Å². The van der Waals surface area contributed by atoms with Crippen LogP contribution in [0.1, 0.15) is 5.56 Å². The van der Waals surface area contributed by atoms with Gasteiger partial charge in [0, 0.05) is 18.4 Å².